The second-order valence-electron chi connectivity index (χ2n) is 4.27. The van der Waals surface area contributed by atoms with Crippen LogP contribution in [0.15, 0.2) is 0 Å². The van der Waals surface area contributed by atoms with Crippen molar-refractivity contribution < 1.29 is 28.7 Å². The van der Waals surface area contributed by atoms with Gasteiger partial charge in [0.1, 0.15) is 0 Å². The van der Waals surface area contributed by atoms with E-state index in [0.29, 0.717) is 12.8 Å². The molecular formula is C9H23NO6P2. The van der Waals surface area contributed by atoms with Crippen LogP contribution in [0.25, 0.3) is 0 Å². The standard InChI is InChI=1S/C9H23NO6P2/c1-3-5-7-10(8-6-4-2)9(17(11,12)13)18(14,15)16/h9H,3-8H2,1-2H3,(H2,11,12,13)(H2,14,15,16). The summed E-state index contributed by atoms with van der Waals surface area (Å²) in [4.78, 5) is 37.9. The van der Waals surface area contributed by atoms with Gasteiger partial charge in [-0.3, -0.25) is 14.0 Å². The highest BCUT2D eigenvalue weighted by atomic mass is 31.2. The first-order valence-corrected chi connectivity index (χ1v) is 9.35. The summed E-state index contributed by atoms with van der Waals surface area (Å²) in [5.74, 6) is 0. The summed E-state index contributed by atoms with van der Waals surface area (Å²) in [5.41, 5.74) is -2.01. The van der Waals surface area contributed by atoms with E-state index in [1.54, 1.807) is 0 Å². The van der Waals surface area contributed by atoms with E-state index >= 15 is 0 Å². The zero-order chi connectivity index (χ0) is 14.4. The monoisotopic (exact) mass is 303 g/mol. The van der Waals surface area contributed by atoms with E-state index in [-0.39, 0.29) is 13.1 Å². The third-order valence-corrected chi connectivity index (χ3v) is 6.19. The Bertz CT molecular complexity index is 295. The van der Waals surface area contributed by atoms with Crippen LogP contribution in [-0.4, -0.2) is 43.1 Å². The Morgan fingerprint density at radius 2 is 1.22 bits per heavy atom. The lowest BCUT2D eigenvalue weighted by molar-refractivity contribution is 0.219. The molecule has 7 nitrogen and oxygen atoms in total. The van der Waals surface area contributed by atoms with Gasteiger partial charge in [-0.1, -0.05) is 26.7 Å². The fourth-order valence-electron chi connectivity index (χ4n) is 1.69. The van der Waals surface area contributed by atoms with E-state index in [4.69, 9.17) is 19.6 Å². The van der Waals surface area contributed by atoms with E-state index in [9.17, 15) is 9.13 Å². The molecule has 0 amide bonds. The SMILES string of the molecule is CCCCN(CCCC)C(P(=O)(O)O)P(=O)(O)O. The summed E-state index contributed by atoms with van der Waals surface area (Å²) in [6.45, 7) is 4.36. The molecule has 0 heterocycles. The smallest absolute Gasteiger partial charge is 0.323 e. The first-order valence-electron chi connectivity index (χ1n) is 5.99. The average molecular weight is 303 g/mol. The number of unbranched alkanes of at least 4 members (excludes halogenated alkanes) is 2. The fourth-order valence-corrected chi connectivity index (χ4v) is 4.57. The third-order valence-electron chi connectivity index (χ3n) is 2.53. The van der Waals surface area contributed by atoms with E-state index in [0.717, 1.165) is 12.8 Å². The Hall–Kier alpha value is 0.260. The zero-order valence-corrected chi connectivity index (χ0v) is 12.6. The molecular weight excluding hydrogens is 280 g/mol. The molecule has 0 fully saturated rings. The van der Waals surface area contributed by atoms with Crippen molar-refractivity contribution in [3.8, 4) is 0 Å². The molecule has 0 aliphatic carbocycles. The largest absolute Gasteiger partial charge is 0.354 e. The van der Waals surface area contributed by atoms with Crippen molar-refractivity contribution in [3.05, 3.63) is 0 Å². The second kappa shape index (κ2) is 7.75. The molecule has 0 spiro atoms. The van der Waals surface area contributed by atoms with Crippen LogP contribution in [0.4, 0.5) is 0 Å². The van der Waals surface area contributed by atoms with Crippen molar-refractivity contribution >= 4 is 15.2 Å². The first-order chi connectivity index (χ1) is 8.14. The van der Waals surface area contributed by atoms with Crippen LogP contribution in [0.1, 0.15) is 39.5 Å². The number of nitrogens with zero attached hydrogens (tertiary/aromatic N) is 1. The second-order valence-corrected chi connectivity index (χ2v) is 8.01. The van der Waals surface area contributed by atoms with Gasteiger partial charge in [-0.25, -0.2) is 0 Å². The molecule has 110 valence electrons. The number of rotatable bonds is 9. The van der Waals surface area contributed by atoms with Crippen LogP contribution < -0.4 is 0 Å². The Morgan fingerprint density at radius 3 is 1.44 bits per heavy atom. The minimum absolute atomic E-state index is 0.275. The molecule has 0 aromatic rings. The molecule has 0 bridgehead atoms. The van der Waals surface area contributed by atoms with Crippen LogP contribution in [-0.2, 0) is 9.13 Å². The van der Waals surface area contributed by atoms with E-state index < -0.39 is 20.7 Å². The van der Waals surface area contributed by atoms with E-state index in [2.05, 4.69) is 0 Å². The topological polar surface area (TPSA) is 118 Å². The molecule has 0 aliphatic rings. The van der Waals surface area contributed by atoms with Crippen molar-refractivity contribution in [1.29, 1.82) is 0 Å². The van der Waals surface area contributed by atoms with Gasteiger partial charge in [0.15, 0.2) is 0 Å². The molecule has 0 aliphatic heterocycles. The summed E-state index contributed by atoms with van der Waals surface area (Å²) in [7, 11) is -9.74. The van der Waals surface area contributed by atoms with Crippen molar-refractivity contribution in [2.75, 3.05) is 13.1 Å². The van der Waals surface area contributed by atoms with E-state index in [1.807, 2.05) is 13.8 Å². The highest BCUT2D eigenvalue weighted by Gasteiger charge is 2.47. The van der Waals surface area contributed by atoms with E-state index in [1.165, 1.54) is 4.90 Å². The summed E-state index contributed by atoms with van der Waals surface area (Å²) in [6, 6.07) is 0. The first kappa shape index (κ1) is 18.3. The quantitative estimate of drug-likeness (QED) is 0.477. The maximum atomic E-state index is 11.3. The summed E-state index contributed by atoms with van der Waals surface area (Å²) >= 11 is 0. The molecule has 0 atom stereocenters. The summed E-state index contributed by atoms with van der Waals surface area (Å²) < 4.78 is 22.6. The minimum atomic E-state index is -4.87. The summed E-state index contributed by atoms with van der Waals surface area (Å²) in [5, 5.41) is 0. The van der Waals surface area contributed by atoms with Gasteiger partial charge >= 0.3 is 15.2 Å². The van der Waals surface area contributed by atoms with Gasteiger partial charge in [0.2, 0.25) is 5.52 Å². The molecule has 0 aromatic carbocycles. The van der Waals surface area contributed by atoms with Gasteiger partial charge in [-0.05, 0) is 25.9 Å². The Balaban J connectivity index is 5.08. The summed E-state index contributed by atoms with van der Waals surface area (Å²) in [6.07, 6.45) is 2.86. The average Bonchev–Trinajstić information content (AvgIpc) is 2.17. The van der Waals surface area contributed by atoms with Crippen molar-refractivity contribution in [2.45, 2.75) is 45.1 Å². The third kappa shape index (κ3) is 6.43. The fraction of sp³-hybridized carbons (Fsp3) is 1.00. The molecule has 0 saturated heterocycles. The van der Waals surface area contributed by atoms with Gasteiger partial charge in [0.25, 0.3) is 0 Å². The predicted molar refractivity (Wildman–Crippen MR) is 69.3 cm³/mol. The van der Waals surface area contributed by atoms with Gasteiger partial charge in [0.05, 0.1) is 0 Å². The number of hydrogen-bond acceptors (Lipinski definition) is 3. The lowest BCUT2D eigenvalue weighted by Gasteiger charge is -2.32. The molecule has 18 heavy (non-hydrogen) atoms. The molecule has 0 saturated carbocycles. The predicted octanol–water partition coefficient (Wildman–Crippen LogP) is 1.53. The lowest BCUT2D eigenvalue weighted by Crippen LogP contribution is -2.36. The Morgan fingerprint density at radius 1 is 0.889 bits per heavy atom. The molecule has 0 rings (SSSR count). The van der Waals surface area contributed by atoms with Gasteiger partial charge in [-0.2, -0.15) is 0 Å². The van der Waals surface area contributed by atoms with Gasteiger partial charge < -0.3 is 19.6 Å². The Kier molecular flexibility index (Phi) is 7.87. The van der Waals surface area contributed by atoms with Crippen molar-refractivity contribution in [1.82, 2.24) is 4.90 Å². The highest BCUT2D eigenvalue weighted by molar-refractivity contribution is 7.70. The maximum absolute atomic E-state index is 11.3. The molecule has 0 aromatic heterocycles. The zero-order valence-electron chi connectivity index (χ0n) is 10.8. The van der Waals surface area contributed by atoms with Crippen LogP contribution in [0.5, 0.6) is 0 Å². The molecule has 0 unspecified atom stereocenters. The minimum Gasteiger partial charge on any atom is -0.323 e. The van der Waals surface area contributed by atoms with Crippen LogP contribution in [0.2, 0.25) is 0 Å². The normalized spacial score (nSPS) is 13.6. The van der Waals surface area contributed by atoms with Crippen molar-refractivity contribution in [2.24, 2.45) is 0 Å². The Labute approximate surface area is 108 Å². The van der Waals surface area contributed by atoms with Crippen LogP contribution in [0, 0.1) is 0 Å². The maximum Gasteiger partial charge on any atom is 0.354 e. The molecule has 4 N–H and O–H groups in total. The number of hydrogen-bond donors (Lipinski definition) is 4. The van der Waals surface area contributed by atoms with Gasteiger partial charge in [-0.15, -0.1) is 0 Å². The van der Waals surface area contributed by atoms with Gasteiger partial charge in [0, 0.05) is 0 Å². The highest BCUT2D eigenvalue weighted by Crippen LogP contribution is 2.61. The lowest BCUT2D eigenvalue weighted by atomic mass is 10.3. The van der Waals surface area contributed by atoms with Crippen molar-refractivity contribution in [3.63, 3.8) is 0 Å². The molecule has 9 heteroatoms. The molecule has 0 radical (unpaired) electrons. The van der Waals surface area contributed by atoms with Crippen LogP contribution in [0.3, 0.4) is 0 Å². The van der Waals surface area contributed by atoms with Crippen LogP contribution >= 0.6 is 15.2 Å².